The lowest BCUT2D eigenvalue weighted by Crippen LogP contribution is -2.38. The lowest BCUT2D eigenvalue weighted by atomic mass is 10.1. The van der Waals surface area contributed by atoms with Crippen LogP contribution in [0.1, 0.15) is 37.3 Å². The number of hydrogen-bond acceptors (Lipinski definition) is 3. The Labute approximate surface area is 191 Å². The van der Waals surface area contributed by atoms with E-state index < -0.39 is 0 Å². The third-order valence-electron chi connectivity index (χ3n) is 5.13. The van der Waals surface area contributed by atoms with Crippen molar-refractivity contribution >= 4 is 40.8 Å². The van der Waals surface area contributed by atoms with E-state index in [-0.39, 0.29) is 24.0 Å². The Kier molecular flexibility index (Phi) is 10.8. The number of halogens is 1. The molecule has 2 aromatic rings. The Morgan fingerprint density at radius 3 is 2.90 bits per heavy atom. The van der Waals surface area contributed by atoms with Crippen molar-refractivity contribution in [3.05, 3.63) is 35.5 Å². The Bertz CT molecular complexity index is 756. The number of benzene rings is 1. The highest BCUT2D eigenvalue weighted by molar-refractivity contribution is 14.0. The van der Waals surface area contributed by atoms with Gasteiger partial charge in [-0.25, -0.2) is 0 Å². The molecule has 0 aliphatic carbocycles. The maximum absolute atomic E-state index is 5.91. The summed E-state index contributed by atoms with van der Waals surface area (Å²) in [7, 11) is 0. The number of para-hydroxylation sites is 1. The molecule has 2 heterocycles. The van der Waals surface area contributed by atoms with Crippen molar-refractivity contribution in [2.45, 2.75) is 45.6 Å². The summed E-state index contributed by atoms with van der Waals surface area (Å²) in [6.07, 6.45) is 6.42. The van der Waals surface area contributed by atoms with Gasteiger partial charge in [0.05, 0.1) is 6.10 Å². The fourth-order valence-corrected chi connectivity index (χ4v) is 3.58. The zero-order valence-corrected chi connectivity index (χ0v) is 20.0. The van der Waals surface area contributed by atoms with E-state index in [1.807, 2.05) is 0 Å². The van der Waals surface area contributed by atoms with Gasteiger partial charge in [-0.05, 0) is 50.7 Å². The summed E-state index contributed by atoms with van der Waals surface area (Å²) >= 11 is 0. The molecule has 0 atom stereocenters. The number of ether oxygens (including phenoxy) is 2. The highest BCUT2D eigenvalue weighted by Gasteiger charge is 2.13. The average molecular weight is 514 g/mol. The van der Waals surface area contributed by atoms with E-state index in [2.05, 4.69) is 58.9 Å². The van der Waals surface area contributed by atoms with Crippen molar-refractivity contribution < 1.29 is 9.47 Å². The van der Waals surface area contributed by atoms with Crippen molar-refractivity contribution in [1.82, 2.24) is 15.6 Å². The number of aliphatic imine (C=N–C) groups is 1. The first-order valence-electron chi connectivity index (χ1n) is 10.5. The minimum absolute atomic E-state index is 0. The average Bonchev–Trinajstić information content (AvgIpc) is 3.13. The van der Waals surface area contributed by atoms with Crippen molar-refractivity contribution in [3.63, 3.8) is 0 Å². The van der Waals surface area contributed by atoms with E-state index in [9.17, 15) is 0 Å². The van der Waals surface area contributed by atoms with Crippen LogP contribution in [0.3, 0.4) is 0 Å². The van der Waals surface area contributed by atoms with Gasteiger partial charge < -0.3 is 25.1 Å². The first-order chi connectivity index (χ1) is 13.8. The molecule has 162 valence electrons. The molecule has 3 N–H and O–H groups in total. The molecule has 0 spiro atoms. The van der Waals surface area contributed by atoms with Crippen LogP contribution in [0.2, 0.25) is 0 Å². The van der Waals surface area contributed by atoms with Crippen LogP contribution in [0.15, 0.2) is 29.4 Å². The van der Waals surface area contributed by atoms with Gasteiger partial charge in [0.25, 0.3) is 0 Å². The Hall–Kier alpha value is -1.32. The fraction of sp³-hybridized carbons (Fsp3) is 0.591. The van der Waals surface area contributed by atoms with E-state index >= 15 is 0 Å². The lowest BCUT2D eigenvalue weighted by Gasteiger charge is -2.22. The third kappa shape index (κ3) is 7.46. The van der Waals surface area contributed by atoms with E-state index in [4.69, 9.17) is 9.47 Å². The zero-order chi connectivity index (χ0) is 19.6. The van der Waals surface area contributed by atoms with Gasteiger partial charge in [0.15, 0.2) is 5.96 Å². The molecule has 6 nitrogen and oxygen atoms in total. The second kappa shape index (κ2) is 13.1. The molecule has 0 radical (unpaired) electrons. The summed E-state index contributed by atoms with van der Waals surface area (Å²) in [5, 5.41) is 8.08. The summed E-state index contributed by atoms with van der Waals surface area (Å²) in [4.78, 5) is 8.07. The maximum atomic E-state index is 5.91. The maximum Gasteiger partial charge on any atom is 0.191 e. The number of nitrogens with zero attached hydrogens (tertiary/aromatic N) is 1. The van der Waals surface area contributed by atoms with Gasteiger partial charge in [-0.1, -0.05) is 18.2 Å². The van der Waals surface area contributed by atoms with E-state index in [0.29, 0.717) is 6.10 Å². The monoisotopic (exact) mass is 514 g/mol. The van der Waals surface area contributed by atoms with E-state index in [0.717, 1.165) is 71.1 Å². The topological polar surface area (TPSA) is 70.7 Å². The highest BCUT2D eigenvalue weighted by Crippen LogP contribution is 2.21. The SMILES string of the molecule is CCNC(=NCCCOC1CCOCC1)NCCc1c[nH]c2c(C)cccc12.I. The molecular weight excluding hydrogens is 479 g/mol. The van der Waals surface area contributed by atoms with E-state index in [1.54, 1.807) is 0 Å². The summed E-state index contributed by atoms with van der Waals surface area (Å²) < 4.78 is 11.3. The van der Waals surface area contributed by atoms with Gasteiger partial charge in [-0.2, -0.15) is 0 Å². The summed E-state index contributed by atoms with van der Waals surface area (Å²) in [5.41, 5.74) is 3.86. The van der Waals surface area contributed by atoms with Gasteiger partial charge in [0.1, 0.15) is 0 Å². The van der Waals surface area contributed by atoms with Crippen molar-refractivity contribution in [1.29, 1.82) is 0 Å². The molecule has 1 saturated heterocycles. The minimum atomic E-state index is 0. The fourth-order valence-electron chi connectivity index (χ4n) is 3.58. The van der Waals surface area contributed by atoms with Gasteiger partial charge >= 0.3 is 0 Å². The molecule has 1 aliphatic heterocycles. The molecule has 1 aliphatic rings. The predicted octanol–water partition coefficient (Wildman–Crippen LogP) is 3.78. The van der Waals surface area contributed by atoms with Crippen LogP contribution >= 0.6 is 24.0 Å². The number of aromatic amines is 1. The molecule has 1 aromatic carbocycles. The van der Waals surface area contributed by atoms with Crippen LogP contribution in [-0.2, 0) is 15.9 Å². The Morgan fingerprint density at radius 2 is 2.10 bits per heavy atom. The Morgan fingerprint density at radius 1 is 1.28 bits per heavy atom. The van der Waals surface area contributed by atoms with E-state index in [1.165, 1.54) is 22.0 Å². The van der Waals surface area contributed by atoms with Crippen molar-refractivity contribution in [2.24, 2.45) is 4.99 Å². The number of guanidine groups is 1. The molecule has 0 unspecified atom stereocenters. The van der Waals surface area contributed by atoms with Crippen LogP contribution in [-0.4, -0.2) is 56.5 Å². The minimum Gasteiger partial charge on any atom is -0.381 e. The quantitative estimate of drug-likeness (QED) is 0.206. The Balaban J connectivity index is 0.00000300. The first kappa shape index (κ1) is 24.0. The summed E-state index contributed by atoms with van der Waals surface area (Å²) in [6, 6.07) is 6.45. The number of fused-ring (bicyclic) bond motifs is 1. The van der Waals surface area contributed by atoms with Crippen LogP contribution in [0.5, 0.6) is 0 Å². The van der Waals surface area contributed by atoms with Crippen molar-refractivity contribution in [2.75, 3.05) is 39.5 Å². The van der Waals surface area contributed by atoms with Gasteiger partial charge in [0, 0.05) is 56.6 Å². The number of rotatable bonds is 9. The van der Waals surface area contributed by atoms with Crippen LogP contribution < -0.4 is 10.6 Å². The molecule has 7 heteroatoms. The number of H-pyrrole nitrogens is 1. The van der Waals surface area contributed by atoms with Crippen LogP contribution in [0, 0.1) is 6.92 Å². The largest absolute Gasteiger partial charge is 0.381 e. The number of aryl methyl sites for hydroxylation is 1. The molecule has 1 fully saturated rings. The number of hydrogen-bond donors (Lipinski definition) is 3. The van der Waals surface area contributed by atoms with Gasteiger partial charge in [-0.15, -0.1) is 24.0 Å². The molecule has 1 aromatic heterocycles. The first-order valence-corrected chi connectivity index (χ1v) is 10.5. The molecule has 0 bridgehead atoms. The van der Waals surface area contributed by atoms with Crippen molar-refractivity contribution in [3.8, 4) is 0 Å². The number of nitrogens with one attached hydrogen (secondary N) is 3. The second-order valence-corrected chi connectivity index (χ2v) is 7.28. The molecule has 3 rings (SSSR count). The van der Waals surface area contributed by atoms with Gasteiger partial charge in [-0.3, -0.25) is 4.99 Å². The molecule has 0 saturated carbocycles. The molecule has 29 heavy (non-hydrogen) atoms. The zero-order valence-electron chi connectivity index (χ0n) is 17.6. The third-order valence-corrected chi connectivity index (χ3v) is 5.13. The molecular formula is C22H35IN4O2. The highest BCUT2D eigenvalue weighted by atomic mass is 127. The second-order valence-electron chi connectivity index (χ2n) is 7.28. The summed E-state index contributed by atoms with van der Waals surface area (Å²) in [6.45, 7) is 9.13. The number of aromatic nitrogens is 1. The normalized spacial score (nSPS) is 15.3. The smallest absolute Gasteiger partial charge is 0.191 e. The van der Waals surface area contributed by atoms with Gasteiger partial charge in [0.2, 0.25) is 0 Å². The summed E-state index contributed by atoms with van der Waals surface area (Å²) in [5.74, 6) is 0.879. The molecule has 0 amide bonds. The predicted molar refractivity (Wildman–Crippen MR) is 131 cm³/mol. The van der Waals surface area contributed by atoms with Crippen LogP contribution in [0.25, 0.3) is 10.9 Å². The van der Waals surface area contributed by atoms with Crippen LogP contribution in [0.4, 0.5) is 0 Å². The standard InChI is InChI=1S/C22H34N4O2.HI/c1-3-23-22(24-11-5-13-28-19-9-14-27-15-10-19)25-12-8-18-16-26-21-17(2)6-4-7-20(18)21;/h4,6-7,16,19,26H,3,5,8-15H2,1-2H3,(H2,23,24,25);1H. The lowest BCUT2D eigenvalue weighted by molar-refractivity contribution is -0.0318.